The van der Waals surface area contributed by atoms with Gasteiger partial charge in [-0.25, -0.2) is 0 Å². The smallest absolute Gasteiger partial charge is 0.180 e. The van der Waals surface area contributed by atoms with E-state index in [1.807, 2.05) is 0 Å². The average Bonchev–Trinajstić information content (AvgIpc) is 2.47. The van der Waals surface area contributed by atoms with Crippen molar-refractivity contribution in [3.63, 3.8) is 0 Å². The molecule has 2 aliphatic rings. The van der Waals surface area contributed by atoms with Gasteiger partial charge in [-0.15, -0.1) is 0 Å². The van der Waals surface area contributed by atoms with Crippen LogP contribution >= 0.6 is 11.6 Å². The van der Waals surface area contributed by atoms with E-state index in [9.17, 15) is 0 Å². The van der Waals surface area contributed by atoms with Crippen LogP contribution in [0.2, 0.25) is 5.02 Å². The molecule has 0 spiro atoms. The Morgan fingerprint density at radius 2 is 1.80 bits per heavy atom. The Kier molecular flexibility index (Phi) is 4.08. The maximum Gasteiger partial charge on any atom is 0.180 e. The SMILES string of the molecule is CC(C)c1c(C2CCNCC2)cc(Cl)c2c1OCCO2. The van der Waals surface area contributed by atoms with Crippen molar-refractivity contribution in [2.24, 2.45) is 0 Å². The quantitative estimate of drug-likeness (QED) is 0.902. The zero-order valence-corrected chi connectivity index (χ0v) is 12.9. The van der Waals surface area contributed by atoms with Crippen LogP contribution in [0.25, 0.3) is 0 Å². The van der Waals surface area contributed by atoms with Crippen LogP contribution in [0.4, 0.5) is 0 Å². The fraction of sp³-hybridized carbons (Fsp3) is 0.625. The van der Waals surface area contributed by atoms with Gasteiger partial charge in [-0.3, -0.25) is 0 Å². The molecule has 20 heavy (non-hydrogen) atoms. The van der Waals surface area contributed by atoms with Crippen LogP contribution in [0, 0.1) is 0 Å². The lowest BCUT2D eigenvalue weighted by Crippen LogP contribution is -2.27. The summed E-state index contributed by atoms with van der Waals surface area (Å²) in [6, 6.07) is 2.11. The fourth-order valence-electron chi connectivity index (χ4n) is 3.27. The summed E-state index contributed by atoms with van der Waals surface area (Å²) in [7, 11) is 0. The third-order valence-corrected chi connectivity index (χ3v) is 4.47. The van der Waals surface area contributed by atoms with Crippen molar-refractivity contribution in [1.82, 2.24) is 5.32 Å². The summed E-state index contributed by atoms with van der Waals surface area (Å²) in [5.74, 6) is 2.60. The van der Waals surface area contributed by atoms with Gasteiger partial charge in [-0.1, -0.05) is 25.4 Å². The molecule has 1 saturated heterocycles. The van der Waals surface area contributed by atoms with Crippen LogP contribution in [0.15, 0.2) is 6.07 Å². The maximum atomic E-state index is 6.42. The van der Waals surface area contributed by atoms with E-state index in [1.165, 1.54) is 11.1 Å². The van der Waals surface area contributed by atoms with Crippen molar-refractivity contribution in [2.75, 3.05) is 26.3 Å². The number of piperidine rings is 1. The molecule has 2 aliphatic heterocycles. The number of rotatable bonds is 2. The van der Waals surface area contributed by atoms with Crippen LogP contribution in [-0.4, -0.2) is 26.3 Å². The van der Waals surface area contributed by atoms with E-state index in [4.69, 9.17) is 21.1 Å². The van der Waals surface area contributed by atoms with Gasteiger partial charge in [0.2, 0.25) is 0 Å². The Balaban J connectivity index is 2.10. The Labute approximate surface area is 125 Å². The van der Waals surface area contributed by atoms with E-state index >= 15 is 0 Å². The number of fused-ring (bicyclic) bond motifs is 1. The number of hydrogen-bond acceptors (Lipinski definition) is 3. The summed E-state index contributed by atoms with van der Waals surface area (Å²) in [6.45, 7) is 7.77. The van der Waals surface area contributed by atoms with E-state index in [-0.39, 0.29) is 0 Å². The molecule has 0 aliphatic carbocycles. The summed E-state index contributed by atoms with van der Waals surface area (Å²) >= 11 is 6.42. The van der Waals surface area contributed by atoms with E-state index in [0.29, 0.717) is 30.1 Å². The van der Waals surface area contributed by atoms with Gasteiger partial charge in [0.25, 0.3) is 0 Å². The van der Waals surface area contributed by atoms with Crippen molar-refractivity contribution in [1.29, 1.82) is 0 Å². The van der Waals surface area contributed by atoms with Crippen molar-refractivity contribution in [3.05, 3.63) is 22.2 Å². The summed E-state index contributed by atoms with van der Waals surface area (Å²) in [5.41, 5.74) is 2.65. The van der Waals surface area contributed by atoms with E-state index in [1.54, 1.807) is 0 Å². The van der Waals surface area contributed by atoms with E-state index in [0.717, 1.165) is 37.4 Å². The van der Waals surface area contributed by atoms with Gasteiger partial charge in [0.05, 0.1) is 5.02 Å². The molecule has 3 rings (SSSR count). The molecule has 0 aromatic heterocycles. The lowest BCUT2D eigenvalue weighted by Gasteiger charge is -2.30. The average molecular weight is 296 g/mol. The van der Waals surface area contributed by atoms with Crippen molar-refractivity contribution in [2.45, 2.75) is 38.5 Å². The molecular formula is C16H22ClNO2. The highest BCUT2D eigenvalue weighted by Gasteiger charge is 2.28. The first-order chi connectivity index (χ1) is 9.68. The number of ether oxygens (including phenoxy) is 2. The van der Waals surface area contributed by atoms with Gasteiger partial charge in [-0.05, 0) is 49.4 Å². The van der Waals surface area contributed by atoms with Crippen LogP contribution in [0.5, 0.6) is 11.5 Å². The Hall–Kier alpha value is -0.930. The maximum absolute atomic E-state index is 6.42. The molecule has 3 nitrogen and oxygen atoms in total. The van der Waals surface area contributed by atoms with E-state index in [2.05, 4.69) is 25.2 Å². The minimum Gasteiger partial charge on any atom is -0.486 e. The predicted molar refractivity (Wildman–Crippen MR) is 81.4 cm³/mol. The highest BCUT2D eigenvalue weighted by atomic mass is 35.5. The molecule has 0 atom stereocenters. The number of halogens is 1. The minimum absolute atomic E-state index is 0.410. The topological polar surface area (TPSA) is 30.5 Å². The highest BCUT2D eigenvalue weighted by Crippen LogP contribution is 2.47. The first kappa shape index (κ1) is 14.0. The van der Waals surface area contributed by atoms with Gasteiger partial charge < -0.3 is 14.8 Å². The first-order valence-corrected chi connectivity index (χ1v) is 7.89. The lowest BCUT2D eigenvalue weighted by atomic mass is 9.83. The first-order valence-electron chi connectivity index (χ1n) is 7.51. The molecule has 0 bridgehead atoms. The number of benzene rings is 1. The van der Waals surface area contributed by atoms with Crippen LogP contribution in [0.1, 0.15) is 49.7 Å². The molecule has 1 fully saturated rings. The zero-order chi connectivity index (χ0) is 14.1. The number of nitrogens with one attached hydrogen (secondary N) is 1. The summed E-state index contributed by atoms with van der Waals surface area (Å²) in [5, 5.41) is 4.11. The van der Waals surface area contributed by atoms with Gasteiger partial charge in [-0.2, -0.15) is 0 Å². The van der Waals surface area contributed by atoms with Gasteiger partial charge in [0.1, 0.15) is 13.2 Å². The second-order valence-electron chi connectivity index (χ2n) is 5.90. The lowest BCUT2D eigenvalue weighted by molar-refractivity contribution is 0.169. The second kappa shape index (κ2) is 5.82. The normalized spacial score (nSPS) is 19.4. The molecule has 110 valence electrons. The summed E-state index contributed by atoms with van der Waals surface area (Å²) in [4.78, 5) is 0. The standard InChI is InChI=1S/C16H22ClNO2/c1-10(2)14-12(11-3-5-18-6-4-11)9-13(17)15-16(14)20-8-7-19-15/h9-11,18H,3-8H2,1-2H3. The molecule has 1 N–H and O–H groups in total. The van der Waals surface area contributed by atoms with Crippen molar-refractivity contribution < 1.29 is 9.47 Å². The summed E-state index contributed by atoms with van der Waals surface area (Å²) < 4.78 is 11.6. The van der Waals surface area contributed by atoms with Crippen LogP contribution in [0.3, 0.4) is 0 Å². The largest absolute Gasteiger partial charge is 0.486 e. The molecular weight excluding hydrogens is 274 g/mol. The molecule has 2 heterocycles. The fourth-order valence-corrected chi connectivity index (χ4v) is 3.53. The molecule has 0 saturated carbocycles. The number of hydrogen-bond donors (Lipinski definition) is 1. The Bertz CT molecular complexity index is 496. The third-order valence-electron chi connectivity index (χ3n) is 4.19. The minimum atomic E-state index is 0.410. The van der Waals surface area contributed by atoms with Crippen LogP contribution in [-0.2, 0) is 0 Å². The molecule has 1 aromatic carbocycles. The highest BCUT2D eigenvalue weighted by molar-refractivity contribution is 6.32. The molecule has 0 radical (unpaired) electrons. The Morgan fingerprint density at radius 3 is 2.45 bits per heavy atom. The van der Waals surface area contributed by atoms with Crippen molar-refractivity contribution >= 4 is 11.6 Å². The van der Waals surface area contributed by atoms with Crippen LogP contribution < -0.4 is 14.8 Å². The summed E-state index contributed by atoms with van der Waals surface area (Å²) in [6.07, 6.45) is 2.32. The monoisotopic (exact) mass is 295 g/mol. The zero-order valence-electron chi connectivity index (χ0n) is 12.2. The molecule has 4 heteroatoms. The molecule has 0 unspecified atom stereocenters. The second-order valence-corrected chi connectivity index (χ2v) is 6.30. The Morgan fingerprint density at radius 1 is 1.15 bits per heavy atom. The molecule has 0 amide bonds. The van der Waals surface area contributed by atoms with Gasteiger partial charge in [0, 0.05) is 5.56 Å². The van der Waals surface area contributed by atoms with Gasteiger partial charge in [0.15, 0.2) is 11.5 Å². The van der Waals surface area contributed by atoms with Crippen molar-refractivity contribution in [3.8, 4) is 11.5 Å². The third kappa shape index (κ3) is 2.49. The van der Waals surface area contributed by atoms with E-state index < -0.39 is 0 Å². The van der Waals surface area contributed by atoms with Gasteiger partial charge >= 0.3 is 0 Å². The predicted octanol–water partition coefficient (Wildman–Crippen LogP) is 3.70. The molecule has 1 aromatic rings.